The van der Waals surface area contributed by atoms with Crippen LogP contribution < -0.4 is 5.32 Å². The first-order valence-electron chi connectivity index (χ1n) is 5.59. The molecule has 0 saturated carbocycles. The van der Waals surface area contributed by atoms with Crippen LogP contribution >= 0.6 is 0 Å². The number of aromatic nitrogens is 2. The van der Waals surface area contributed by atoms with Gasteiger partial charge < -0.3 is 10.3 Å². The van der Waals surface area contributed by atoms with E-state index in [9.17, 15) is 0 Å². The Balaban J connectivity index is 1.74. The van der Waals surface area contributed by atoms with Gasteiger partial charge in [0.15, 0.2) is 0 Å². The third-order valence-corrected chi connectivity index (χ3v) is 2.70. The Morgan fingerprint density at radius 3 is 2.94 bits per heavy atom. The Morgan fingerprint density at radius 1 is 1.31 bits per heavy atom. The van der Waals surface area contributed by atoms with Gasteiger partial charge in [0.05, 0.1) is 6.33 Å². The fraction of sp³-hybridized carbons (Fsp3) is 0.308. The second-order valence-electron chi connectivity index (χ2n) is 3.93. The summed E-state index contributed by atoms with van der Waals surface area (Å²) in [5, 5.41) is 3.39. The maximum atomic E-state index is 3.98. The van der Waals surface area contributed by atoms with Crippen LogP contribution in [0.3, 0.4) is 0 Å². The molecule has 3 heteroatoms. The number of nitrogens with zero attached hydrogens (tertiary/aromatic N) is 1. The average Bonchev–Trinajstić information content (AvgIpc) is 2.79. The molecule has 0 saturated heterocycles. The van der Waals surface area contributed by atoms with Crippen molar-refractivity contribution in [2.45, 2.75) is 19.9 Å². The molecule has 0 bridgehead atoms. The van der Waals surface area contributed by atoms with Crippen molar-refractivity contribution in [1.29, 1.82) is 0 Å². The molecule has 2 rings (SSSR count). The van der Waals surface area contributed by atoms with Crippen molar-refractivity contribution in [3.8, 4) is 0 Å². The highest BCUT2D eigenvalue weighted by Gasteiger charge is 1.97. The van der Waals surface area contributed by atoms with Crippen LogP contribution in [0.1, 0.15) is 16.8 Å². The zero-order valence-electron chi connectivity index (χ0n) is 9.53. The monoisotopic (exact) mass is 215 g/mol. The molecule has 0 atom stereocenters. The maximum Gasteiger partial charge on any atom is 0.0922 e. The summed E-state index contributed by atoms with van der Waals surface area (Å²) in [6.07, 6.45) is 4.62. The highest BCUT2D eigenvalue weighted by molar-refractivity contribution is 5.25. The summed E-state index contributed by atoms with van der Waals surface area (Å²) in [6.45, 7) is 4.00. The van der Waals surface area contributed by atoms with Crippen LogP contribution in [0.4, 0.5) is 0 Å². The van der Waals surface area contributed by atoms with Gasteiger partial charge in [0.2, 0.25) is 0 Å². The van der Waals surface area contributed by atoms with E-state index in [1.165, 1.54) is 11.1 Å². The molecule has 16 heavy (non-hydrogen) atoms. The Morgan fingerprint density at radius 2 is 2.19 bits per heavy atom. The van der Waals surface area contributed by atoms with Crippen molar-refractivity contribution >= 4 is 0 Å². The van der Waals surface area contributed by atoms with Gasteiger partial charge in [-0.2, -0.15) is 0 Å². The van der Waals surface area contributed by atoms with Gasteiger partial charge in [-0.15, -0.1) is 0 Å². The molecule has 2 N–H and O–H groups in total. The molecule has 0 aliphatic rings. The molecule has 0 fully saturated rings. The van der Waals surface area contributed by atoms with Gasteiger partial charge in [0.1, 0.15) is 0 Å². The molecule has 2 aromatic rings. The normalized spacial score (nSPS) is 10.6. The van der Waals surface area contributed by atoms with E-state index >= 15 is 0 Å². The fourth-order valence-electron chi connectivity index (χ4n) is 1.72. The highest BCUT2D eigenvalue weighted by atomic mass is 14.9. The van der Waals surface area contributed by atoms with Crippen LogP contribution in [0, 0.1) is 6.92 Å². The van der Waals surface area contributed by atoms with Crippen molar-refractivity contribution in [3.63, 3.8) is 0 Å². The van der Waals surface area contributed by atoms with Crippen molar-refractivity contribution in [2.24, 2.45) is 0 Å². The van der Waals surface area contributed by atoms with Gasteiger partial charge in [0.25, 0.3) is 0 Å². The number of hydrogen-bond donors (Lipinski definition) is 2. The van der Waals surface area contributed by atoms with Crippen molar-refractivity contribution in [2.75, 3.05) is 6.54 Å². The largest absolute Gasteiger partial charge is 0.347 e. The molecule has 3 nitrogen and oxygen atoms in total. The summed E-state index contributed by atoms with van der Waals surface area (Å²) in [7, 11) is 0. The molecule has 0 spiro atoms. The molecule has 0 radical (unpaired) electrons. The summed E-state index contributed by atoms with van der Waals surface area (Å²) in [4.78, 5) is 7.05. The van der Waals surface area contributed by atoms with Crippen LogP contribution in [0.5, 0.6) is 0 Å². The smallest absolute Gasteiger partial charge is 0.0922 e. The highest BCUT2D eigenvalue weighted by Crippen LogP contribution is 2.06. The first kappa shape index (κ1) is 10.9. The van der Waals surface area contributed by atoms with Crippen LogP contribution in [-0.2, 0) is 13.0 Å². The summed E-state index contributed by atoms with van der Waals surface area (Å²) in [6, 6.07) is 8.52. The third-order valence-electron chi connectivity index (χ3n) is 2.70. The first-order valence-corrected chi connectivity index (χ1v) is 5.59. The summed E-state index contributed by atoms with van der Waals surface area (Å²) >= 11 is 0. The van der Waals surface area contributed by atoms with E-state index < -0.39 is 0 Å². The zero-order valence-corrected chi connectivity index (χ0v) is 9.53. The van der Waals surface area contributed by atoms with Crippen LogP contribution in [0.2, 0.25) is 0 Å². The van der Waals surface area contributed by atoms with E-state index in [-0.39, 0.29) is 0 Å². The molecule has 0 amide bonds. The molecular weight excluding hydrogens is 198 g/mol. The Bertz CT molecular complexity index is 421. The first-order chi connectivity index (χ1) is 7.86. The molecule has 1 aromatic carbocycles. The van der Waals surface area contributed by atoms with E-state index in [2.05, 4.69) is 46.5 Å². The van der Waals surface area contributed by atoms with E-state index in [0.717, 1.165) is 25.2 Å². The molecule has 0 aliphatic heterocycles. The van der Waals surface area contributed by atoms with Crippen molar-refractivity contribution in [3.05, 3.63) is 53.6 Å². The average molecular weight is 215 g/mol. The van der Waals surface area contributed by atoms with Gasteiger partial charge in [0, 0.05) is 18.4 Å². The Hall–Kier alpha value is -1.61. The lowest BCUT2D eigenvalue weighted by Crippen LogP contribution is -2.17. The minimum absolute atomic E-state index is 0.853. The Kier molecular flexibility index (Phi) is 3.72. The number of benzene rings is 1. The number of rotatable bonds is 5. The van der Waals surface area contributed by atoms with Gasteiger partial charge in [-0.05, 0) is 31.0 Å². The zero-order chi connectivity index (χ0) is 11.2. The second-order valence-corrected chi connectivity index (χ2v) is 3.93. The predicted molar refractivity (Wildman–Crippen MR) is 65.2 cm³/mol. The molecule has 1 heterocycles. The predicted octanol–water partition coefficient (Wildman–Crippen LogP) is 2.05. The van der Waals surface area contributed by atoms with Crippen molar-refractivity contribution in [1.82, 2.24) is 15.3 Å². The number of nitrogens with one attached hydrogen (secondary N) is 2. The van der Waals surface area contributed by atoms with E-state index in [0.29, 0.717) is 0 Å². The topological polar surface area (TPSA) is 40.7 Å². The van der Waals surface area contributed by atoms with E-state index in [1.54, 1.807) is 6.33 Å². The summed E-state index contributed by atoms with van der Waals surface area (Å²) in [5.41, 5.74) is 3.91. The summed E-state index contributed by atoms with van der Waals surface area (Å²) in [5.74, 6) is 0. The number of H-pyrrole nitrogens is 1. The lowest BCUT2D eigenvalue weighted by Gasteiger charge is -2.06. The number of hydrogen-bond acceptors (Lipinski definition) is 2. The van der Waals surface area contributed by atoms with Gasteiger partial charge in [-0.3, -0.25) is 0 Å². The van der Waals surface area contributed by atoms with E-state index in [1.807, 2.05) is 6.20 Å². The van der Waals surface area contributed by atoms with Crippen LogP contribution in [0.25, 0.3) is 0 Å². The van der Waals surface area contributed by atoms with Gasteiger partial charge >= 0.3 is 0 Å². The third kappa shape index (κ3) is 2.94. The Labute approximate surface area is 95.9 Å². The fourth-order valence-corrected chi connectivity index (χ4v) is 1.72. The minimum atomic E-state index is 0.853. The second kappa shape index (κ2) is 5.47. The number of imidazole rings is 1. The minimum Gasteiger partial charge on any atom is -0.347 e. The summed E-state index contributed by atoms with van der Waals surface area (Å²) < 4.78 is 0. The van der Waals surface area contributed by atoms with Crippen molar-refractivity contribution < 1.29 is 0 Å². The quantitative estimate of drug-likeness (QED) is 0.749. The SMILES string of the molecule is Cc1ccccc1CCNCc1cnc[nH]1. The molecule has 1 aromatic heterocycles. The van der Waals surface area contributed by atoms with Gasteiger partial charge in [-0.25, -0.2) is 4.98 Å². The van der Waals surface area contributed by atoms with Crippen LogP contribution in [-0.4, -0.2) is 16.5 Å². The van der Waals surface area contributed by atoms with Crippen LogP contribution in [0.15, 0.2) is 36.8 Å². The molecule has 84 valence electrons. The molecular formula is C13H17N3. The lowest BCUT2D eigenvalue weighted by molar-refractivity contribution is 0.676. The number of aryl methyl sites for hydroxylation is 1. The number of aromatic amines is 1. The van der Waals surface area contributed by atoms with Gasteiger partial charge in [-0.1, -0.05) is 24.3 Å². The molecule has 0 aliphatic carbocycles. The maximum absolute atomic E-state index is 3.98. The van der Waals surface area contributed by atoms with E-state index in [4.69, 9.17) is 0 Å². The lowest BCUT2D eigenvalue weighted by atomic mass is 10.1. The molecule has 0 unspecified atom stereocenters. The standard InChI is InChI=1S/C13H17N3/c1-11-4-2-3-5-12(11)6-7-14-8-13-9-15-10-16-13/h2-5,9-10,14H,6-8H2,1H3,(H,15,16).